The van der Waals surface area contributed by atoms with E-state index in [-0.39, 0.29) is 18.0 Å². The zero-order chi connectivity index (χ0) is 20.5. The van der Waals surface area contributed by atoms with E-state index in [0.717, 1.165) is 12.1 Å². The summed E-state index contributed by atoms with van der Waals surface area (Å²) in [7, 11) is 0. The molecule has 7 nitrogen and oxygen atoms in total. The summed E-state index contributed by atoms with van der Waals surface area (Å²) in [5.74, 6) is 0.354. The summed E-state index contributed by atoms with van der Waals surface area (Å²) in [4.78, 5) is 22.8. The van der Waals surface area contributed by atoms with Crippen LogP contribution in [0.2, 0.25) is 0 Å². The first kappa shape index (κ1) is 18.2. The van der Waals surface area contributed by atoms with Crippen LogP contribution in [0.1, 0.15) is 13.3 Å². The number of nitrogens with zero attached hydrogens (tertiary/aromatic N) is 5. The van der Waals surface area contributed by atoms with Crippen molar-refractivity contribution in [1.29, 1.82) is 0 Å². The number of halogens is 1. The zero-order valence-electron chi connectivity index (χ0n) is 16.3. The number of benzene rings is 2. The van der Waals surface area contributed by atoms with Crippen molar-refractivity contribution in [3.8, 4) is 0 Å². The third-order valence-corrected chi connectivity index (χ3v) is 5.25. The van der Waals surface area contributed by atoms with Crippen molar-refractivity contribution in [2.75, 3.05) is 10.2 Å². The Morgan fingerprint density at radius 3 is 2.80 bits per heavy atom. The Hall–Kier alpha value is -3.81. The molecular formula is C22H20FN7. The molecule has 1 aliphatic rings. The monoisotopic (exact) mass is 401 g/mol. The molecule has 0 radical (unpaired) electrons. The van der Waals surface area contributed by atoms with Gasteiger partial charge >= 0.3 is 0 Å². The molecule has 0 aliphatic carbocycles. The van der Waals surface area contributed by atoms with Crippen molar-refractivity contribution < 1.29 is 4.39 Å². The second-order valence-electron chi connectivity index (χ2n) is 7.07. The van der Waals surface area contributed by atoms with Gasteiger partial charge in [-0.2, -0.15) is 0 Å². The van der Waals surface area contributed by atoms with Gasteiger partial charge in [0, 0.05) is 11.9 Å². The van der Waals surface area contributed by atoms with E-state index in [4.69, 9.17) is 4.99 Å². The van der Waals surface area contributed by atoms with Gasteiger partial charge in [0.05, 0.1) is 22.9 Å². The second kappa shape index (κ2) is 7.55. The molecule has 0 saturated heterocycles. The molecule has 2 N–H and O–H groups in total. The van der Waals surface area contributed by atoms with Crippen LogP contribution in [-0.4, -0.2) is 32.1 Å². The lowest BCUT2D eigenvalue weighted by molar-refractivity contribution is 0.532. The third-order valence-electron chi connectivity index (χ3n) is 5.25. The molecule has 0 bridgehead atoms. The van der Waals surface area contributed by atoms with E-state index in [1.165, 1.54) is 12.4 Å². The molecule has 2 aromatic carbocycles. The normalized spacial score (nSPS) is 16.5. The van der Waals surface area contributed by atoms with E-state index < -0.39 is 0 Å². The Labute approximate surface area is 172 Å². The summed E-state index contributed by atoms with van der Waals surface area (Å²) in [6, 6.07) is 14.8. The van der Waals surface area contributed by atoms with Crippen molar-refractivity contribution in [2.24, 2.45) is 4.99 Å². The van der Waals surface area contributed by atoms with Crippen LogP contribution >= 0.6 is 0 Å². The smallest absolute Gasteiger partial charge is 0.162 e. The molecule has 5 rings (SSSR count). The minimum Gasteiger partial charge on any atom is -0.361 e. The molecule has 2 atom stereocenters. The van der Waals surface area contributed by atoms with E-state index in [0.29, 0.717) is 27.6 Å². The maximum atomic E-state index is 14.5. The number of aromatic amines is 1. The van der Waals surface area contributed by atoms with Crippen molar-refractivity contribution >= 4 is 28.9 Å². The first-order valence-electron chi connectivity index (χ1n) is 9.83. The summed E-state index contributed by atoms with van der Waals surface area (Å²) in [5.41, 5.74) is 2.28. The summed E-state index contributed by atoms with van der Waals surface area (Å²) < 4.78 is 14.5. The predicted molar refractivity (Wildman–Crippen MR) is 114 cm³/mol. The number of para-hydroxylation sites is 1. The van der Waals surface area contributed by atoms with Crippen LogP contribution in [0.4, 0.5) is 15.9 Å². The summed E-state index contributed by atoms with van der Waals surface area (Å²) >= 11 is 0. The molecular weight excluding hydrogens is 381 g/mol. The zero-order valence-corrected chi connectivity index (χ0v) is 16.3. The fraction of sp³-hybridized carbons (Fsp3) is 0.182. The van der Waals surface area contributed by atoms with Crippen LogP contribution in [0, 0.1) is 5.82 Å². The number of nitrogens with one attached hydrogen (secondary N) is 2. The lowest BCUT2D eigenvalue weighted by atomic mass is 10.1. The van der Waals surface area contributed by atoms with Crippen LogP contribution in [0.25, 0.3) is 17.4 Å². The van der Waals surface area contributed by atoms with Gasteiger partial charge in [-0.25, -0.2) is 19.3 Å². The second-order valence-corrected chi connectivity index (χ2v) is 7.07. The van der Waals surface area contributed by atoms with Crippen LogP contribution < -0.4 is 20.8 Å². The van der Waals surface area contributed by atoms with Gasteiger partial charge in [-0.05, 0) is 30.7 Å². The molecule has 1 aliphatic heterocycles. The molecule has 30 heavy (non-hydrogen) atoms. The number of hydrogen-bond acceptors (Lipinski definition) is 6. The van der Waals surface area contributed by atoms with E-state index >= 15 is 0 Å². The fourth-order valence-corrected chi connectivity index (χ4v) is 3.73. The first-order valence-corrected chi connectivity index (χ1v) is 9.83. The SMILES string of the molecule is CCC(Nc1ncnc2[nH]cnc12)[C@@H]1N=c2cccc(F)c2=CN1c1ccccc1. The quantitative estimate of drug-likeness (QED) is 0.537. The van der Waals surface area contributed by atoms with Gasteiger partial charge in [-0.15, -0.1) is 0 Å². The molecule has 3 heterocycles. The highest BCUT2D eigenvalue weighted by molar-refractivity contribution is 5.82. The molecule has 0 fully saturated rings. The van der Waals surface area contributed by atoms with Crippen molar-refractivity contribution in [2.45, 2.75) is 25.6 Å². The summed E-state index contributed by atoms with van der Waals surface area (Å²) in [6.07, 6.45) is 5.41. The number of anilines is 2. The highest BCUT2D eigenvalue weighted by atomic mass is 19.1. The topological polar surface area (TPSA) is 82.1 Å². The van der Waals surface area contributed by atoms with Crippen LogP contribution in [0.15, 0.2) is 66.2 Å². The number of hydrogen-bond donors (Lipinski definition) is 2. The highest BCUT2D eigenvalue weighted by Gasteiger charge is 2.28. The van der Waals surface area contributed by atoms with Gasteiger partial charge in [0.25, 0.3) is 0 Å². The van der Waals surface area contributed by atoms with Crippen LogP contribution in [0.3, 0.4) is 0 Å². The van der Waals surface area contributed by atoms with Gasteiger partial charge in [0.2, 0.25) is 0 Å². The Morgan fingerprint density at radius 1 is 1.10 bits per heavy atom. The molecule has 0 amide bonds. The van der Waals surface area contributed by atoms with E-state index in [1.807, 2.05) is 47.5 Å². The lowest BCUT2D eigenvalue weighted by Gasteiger charge is -2.35. The van der Waals surface area contributed by atoms with E-state index in [2.05, 4.69) is 32.2 Å². The molecule has 1 unspecified atom stereocenters. The fourth-order valence-electron chi connectivity index (χ4n) is 3.73. The van der Waals surface area contributed by atoms with Crippen LogP contribution in [0.5, 0.6) is 0 Å². The summed E-state index contributed by atoms with van der Waals surface area (Å²) in [6.45, 7) is 2.08. The predicted octanol–water partition coefficient (Wildman–Crippen LogP) is 2.59. The maximum Gasteiger partial charge on any atom is 0.162 e. The van der Waals surface area contributed by atoms with E-state index in [1.54, 1.807) is 12.4 Å². The molecule has 150 valence electrons. The van der Waals surface area contributed by atoms with Crippen molar-refractivity contribution in [1.82, 2.24) is 19.9 Å². The Balaban J connectivity index is 1.61. The van der Waals surface area contributed by atoms with Gasteiger partial charge in [0.15, 0.2) is 11.5 Å². The number of fused-ring (bicyclic) bond motifs is 2. The first-order chi connectivity index (χ1) is 14.7. The Morgan fingerprint density at radius 2 is 1.97 bits per heavy atom. The summed E-state index contributed by atoms with van der Waals surface area (Å²) in [5, 5.41) is 4.62. The maximum absolute atomic E-state index is 14.5. The third kappa shape index (κ3) is 3.16. The molecule has 0 spiro atoms. The Kier molecular flexibility index (Phi) is 4.59. The molecule has 4 aromatic rings. The highest BCUT2D eigenvalue weighted by Crippen LogP contribution is 2.25. The average Bonchev–Trinajstić information content (AvgIpc) is 3.27. The largest absolute Gasteiger partial charge is 0.361 e. The minimum absolute atomic E-state index is 0.104. The molecule has 0 saturated carbocycles. The van der Waals surface area contributed by atoms with Crippen LogP contribution in [-0.2, 0) is 0 Å². The van der Waals surface area contributed by atoms with E-state index in [9.17, 15) is 4.39 Å². The van der Waals surface area contributed by atoms with Gasteiger partial charge in [0.1, 0.15) is 23.8 Å². The number of H-pyrrole nitrogens is 1. The number of imidazole rings is 1. The molecule has 8 heteroatoms. The molecule has 2 aromatic heterocycles. The lowest BCUT2D eigenvalue weighted by Crippen LogP contribution is -2.50. The number of aromatic nitrogens is 4. The standard InChI is InChI=1S/C22H20FN7/c1-2-17(28-21-19-20(25-12-24-19)26-13-27-21)22-29-18-10-6-9-16(23)15(18)11-30(22)14-7-4-3-5-8-14/h3-13,17,22H,2H2,1H3,(H2,24,25,26,27,28)/t17?,22-/m1/s1. The van der Waals surface area contributed by atoms with Gasteiger partial charge in [-0.3, -0.25) is 4.99 Å². The van der Waals surface area contributed by atoms with Gasteiger partial charge < -0.3 is 15.2 Å². The Bertz CT molecular complexity index is 1300. The minimum atomic E-state index is -0.296. The average molecular weight is 401 g/mol. The van der Waals surface area contributed by atoms with Crippen molar-refractivity contribution in [3.05, 3.63) is 77.6 Å². The number of rotatable bonds is 5. The van der Waals surface area contributed by atoms with Gasteiger partial charge in [-0.1, -0.05) is 31.2 Å². The van der Waals surface area contributed by atoms with Crippen molar-refractivity contribution in [3.63, 3.8) is 0 Å².